The number of benzene rings is 1. The molecule has 1 aromatic rings. The zero-order valence-corrected chi connectivity index (χ0v) is 17.6. The number of nitrogens with one attached hydrogen (secondary N) is 1. The first-order valence-electron chi connectivity index (χ1n) is 9.23. The Morgan fingerprint density at radius 2 is 1.85 bits per heavy atom. The Hall–Kier alpha value is -0.590. The summed E-state index contributed by atoms with van der Waals surface area (Å²) in [6, 6.07) is 4.56. The van der Waals surface area contributed by atoms with Gasteiger partial charge in [-0.25, -0.2) is 4.39 Å². The molecule has 152 valence electrons. The highest BCUT2D eigenvalue weighted by molar-refractivity contribution is 6.31. The summed E-state index contributed by atoms with van der Waals surface area (Å²) in [6.45, 7) is 6.07. The third-order valence-corrected chi connectivity index (χ3v) is 6.53. The zero-order valence-electron chi connectivity index (χ0n) is 15.3. The van der Waals surface area contributed by atoms with Crippen molar-refractivity contribution in [2.24, 2.45) is 11.3 Å². The normalized spacial score (nSPS) is 24.1. The third-order valence-electron chi connectivity index (χ3n) is 6.18. The van der Waals surface area contributed by atoms with Crippen LogP contribution in [0.3, 0.4) is 0 Å². The van der Waals surface area contributed by atoms with E-state index in [2.05, 4.69) is 10.2 Å². The van der Waals surface area contributed by atoms with Crippen LogP contribution < -0.4 is 5.32 Å². The Morgan fingerprint density at radius 3 is 2.48 bits per heavy atom. The van der Waals surface area contributed by atoms with Crippen LogP contribution in [0, 0.1) is 17.2 Å². The second-order valence-electron chi connectivity index (χ2n) is 7.71. The predicted octanol–water partition coefficient (Wildman–Crippen LogP) is 3.36. The third kappa shape index (κ3) is 4.88. The van der Waals surface area contributed by atoms with Crippen LogP contribution >= 0.6 is 36.4 Å². The van der Waals surface area contributed by atoms with Gasteiger partial charge in [-0.3, -0.25) is 9.69 Å². The Morgan fingerprint density at radius 1 is 1.19 bits per heavy atom. The van der Waals surface area contributed by atoms with Crippen molar-refractivity contribution in [1.29, 1.82) is 0 Å². The molecule has 1 spiro atoms. The monoisotopic (exact) mass is 437 g/mol. The number of rotatable bonds is 3. The Bertz CT molecular complexity index is 662. The summed E-state index contributed by atoms with van der Waals surface area (Å²) in [5, 5.41) is 3.87. The van der Waals surface area contributed by atoms with Crippen LogP contribution in [0.4, 0.5) is 4.39 Å². The number of hydrogen-bond donors (Lipinski definition) is 1. The molecule has 1 saturated carbocycles. The second kappa shape index (κ2) is 9.27. The number of piperazine rings is 1. The van der Waals surface area contributed by atoms with Gasteiger partial charge in [0.15, 0.2) is 0 Å². The van der Waals surface area contributed by atoms with E-state index in [1.165, 1.54) is 12.1 Å². The number of amides is 1. The van der Waals surface area contributed by atoms with Crippen LogP contribution in [0.15, 0.2) is 18.2 Å². The molecule has 1 atom stereocenters. The minimum absolute atomic E-state index is 0. The molecule has 2 saturated heterocycles. The molecule has 1 amide bonds. The maximum absolute atomic E-state index is 13.2. The minimum atomic E-state index is -0.305. The first kappa shape index (κ1) is 22.7. The molecule has 0 bridgehead atoms. The number of carbonyl (C=O) groups is 1. The Balaban J connectivity index is 0.00000131. The van der Waals surface area contributed by atoms with Crippen LogP contribution in [0.1, 0.15) is 24.8 Å². The molecular weight excluding hydrogens is 412 g/mol. The van der Waals surface area contributed by atoms with Crippen molar-refractivity contribution in [3.05, 3.63) is 34.6 Å². The molecule has 8 heteroatoms. The van der Waals surface area contributed by atoms with Gasteiger partial charge in [-0.1, -0.05) is 17.7 Å². The lowest BCUT2D eigenvalue weighted by Crippen LogP contribution is -2.49. The standard InChI is InChI=1S/C19H25ClFN3O.2ClH/c20-17-11-15(21)2-1-14(17)13-23-7-9-24(10-8-23)18(25)16-12-19(16)3-5-22-6-4-19;;/h1-2,11,16,22H,3-10,12-13H2;2*1H. The van der Waals surface area contributed by atoms with Gasteiger partial charge >= 0.3 is 0 Å². The van der Waals surface area contributed by atoms with Crippen molar-refractivity contribution in [1.82, 2.24) is 15.1 Å². The zero-order chi connectivity index (χ0) is 17.4. The van der Waals surface area contributed by atoms with Gasteiger partial charge in [0.1, 0.15) is 5.82 Å². The number of hydrogen-bond acceptors (Lipinski definition) is 3. The van der Waals surface area contributed by atoms with Gasteiger partial charge in [-0.2, -0.15) is 0 Å². The summed E-state index contributed by atoms with van der Waals surface area (Å²) in [5.74, 6) is 0.314. The van der Waals surface area contributed by atoms with Gasteiger partial charge in [0.2, 0.25) is 5.91 Å². The van der Waals surface area contributed by atoms with Gasteiger partial charge < -0.3 is 10.2 Å². The summed E-state index contributed by atoms with van der Waals surface area (Å²) in [4.78, 5) is 17.1. The maximum Gasteiger partial charge on any atom is 0.226 e. The van der Waals surface area contributed by atoms with Crippen molar-refractivity contribution in [3.63, 3.8) is 0 Å². The molecule has 1 aromatic carbocycles. The van der Waals surface area contributed by atoms with Gasteiger partial charge in [-0.05, 0) is 55.5 Å². The Kier molecular flexibility index (Phi) is 7.79. The quantitative estimate of drug-likeness (QED) is 0.786. The fourth-order valence-corrected chi connectivity index (χ4v) is 4.64. The summed E-state index contributed by atoms with van der Waals surface area (Å²) in [6.07, 6.45) is 3.37. The highest BCUT2D eigenvalue weighted by Crippen LogP contribution is 2.59. The van der Waals surface area contributed by atoms with E-state index >= 15 is 0 Å². The molecule has 1 N–H and O–H groups in total. The number of piperidine rings is 1. The lowest BCUT2D eigenvalue weighted by Gasteiger charge is -2.35. The molecule has 3 fully saturated rings. The molecule has 4 rings (SSSR count). The molecule has 2 heterocycles. The van der Waals surface area contributed by atoms with Crippen LogP contribution in [-0.2, 0) is 11.3 Å². The van der Waals surface area contributed by atoms with E-state index in [1.54, 1.807) is 6.07 Å². The average Bonchev–Trinajstić information content (AvgIpc) is 3.31. The van der Waals surface area contributed by atoms with Gasteiger partial charge in [-0.15, -0.1) is 24.8 Å². The summed E-state index contributed by atoms with van der Waals surface area (Å²) >= 11 is 6.12. The summed E-state index contributed by atoms with van der Waals surface area (Å²) in [7, 11) is 0. The molecule has 2 aliphatic heterocycles. The maximum atomic E-state index is 13.2. The SMILES string of the molecule is Cl.Cl.O=C(C1CC12CCNCC2)N1CCN(Cc2ccc(F)cc2Cl)CC1. The van der Waals surface area contributed by atoms with E-state index in [-0.39, 0.29) is 36.5 Å². The molecule has 1 unspecified atom stereocenters. The average molecular weight is 439 g/mol. The highest BCUT2D eigenvalue weighted by Gasteiger charge is 2.58. The minimum Gasteiger partial charge on any atom is -0.340 e. The second-order valence-corrected chi connectivity index (χ2v) is 8.11. The smallest absolute Gasteiger partial charge is 0.226 e. The van der Waals surface area contributed by atoms with Crippen molar-refractivity contribution >= 4 is 42.3 Å². The van der Waals surface area contributed by atoms with Crippen LogP contribution in [-0.4, -0.2) is 55.0 Å². The predicted molar refractivity (Wildman–Crippen MR) is 110 cm³/mol. The van der Waals surface area contributed by atoms with Gasteiger partial charge in [0.25, 0.3) is 0 Å². The summed E-state index contributed by atoms with van der Waals surface area (Å²) < 4.78 is 13.2. The van der Waals surface area contributed by atoms with Crippen molar-refractivity contribution in [2.45, 2.75) is 25.8 Å². The lowest BCUT2D eigenvalue weighted by atomic mass is 9.91. The van der Waals surface area contributed by atoms with Crippen molar-refractivity contribution in [2.75, 3.05) is 39.3 Å². The molecule has 27 heavy (non-hydrogen) atoms. The van der Waals surface area contributed by atoms with E-state index in [1.807, 2.05) is 4.90 Å². The molecule has 1 aliphatic carbocycles. The number of carbonyl (C=O) groups excluding carboxylic acids is 1. The van der Waals surface area contributed by atoms with E-state index in [9.17, 15) is 9.18 Å². The van der Waals surface area contributed by atoms with Crippen LogP contribution in [0.25, 0.3) is 0 Å². The first-order chi connectivity index (χ1) is 12.1. The molecule has 0 aromatic heterocycles. The van der Waals surface area contributed by atoms with E-state index in [4.69, 9.17) is 11.6 Å². The van der Waals surface area contributed by atoms with Crippen molar-refractivity contribution in [3.8, 4) is 0 Å². The van der Waals surface area contributed by atoms with E-state index in [0.717, 1.165) is 64.1 Å². The van der Waals surface area contributed by atoms with Crippen molar-refractivity contribution < 1.29 is 9.18 Å². The Labute approximate surface area is 177 Å². The summed E-state index contributed by atoms with van der Waals surface area (Å²) in [5.41, 5.74) is 1.25. The van der Waals surface area contributed by atoms with Crippen LogP contribution in [0.2, 0.25) is 5.02 Å². The van der Waals surface area contributed by atoms with Crippen LogP contribution in [0.5, 0.6) is 0 Å². The molecule has 4 nitrogen and oxygen atoms in total. The number of halogens is 4. The topological polar surface area (TPSA) is 35.6 Å². The van der Waals surface area contributed by atoms with E-state index < -0.39 is 0 Å². The fourth-order valence-electron chi connectivity index (χ4n) is 4.41. The molecular formula is C19H27Cl3FN3O. The van der Waals surface area contributed by atoms with E-state index in [0.29, 0.717) is 22.9 Å². The fraction of sp³-hybridized carbons (Fsp3) is 0.632. The van der Waals surface area contributed by atoms with Gasteiger partial charge in [0, 0.05) is 43.7 Å². The highest BCUT2D eigenvalue weighted by atomic mass is 35.5. The molecule has 3 aliphatic rings. The first-order valence-corrected chi connectivity index (χ1v) is 9.61. The molecule has 0 radical (unpaired) electrons. The number of nitrogens with zero attached hydrogens (tertiary/aromatic N) is 2. The lowest BCUT2D eigenvalue weighted by molar-refractivity contribution is -0.135. The van der Waals surface area contributed by atoms with Gasteiger partial charge in [0.05, 0.1) is 0 Å². The largest absolute Gasteiger partial charge is 0.340 e.